The number of anilines is 1. The fraction of sp³-hybridized carbons (Fsp3) is 0.667. The van der Waals surface area contributed by atoms with Crippen molar-refractivity contribution in [3.8, 4) is 0 Å². The molecule has 1 aliphatic rings. The highest BCUT2D eigenvalue weighted by Gasteiger charge is 2.28. The molecule has 2 rings (SSSR count). The van der Waals surface area contributed by atoms with E-state index in [2.05, 4.69) is 10.3 Å². The van der Waals surface area contributed by atoms with E-state index in [1.165, 1.54) is 11.3 Å². The fourth-order valence-electron chi connectivity index (χ4n) is 1.98. The number of ether oxygens (including phenoxy) is 1. The van der Waals surface area contributed by atoms with Gasteiger partial charge in [-0.05, 0) is 20.8 Å². The number of carbonyl (C=O) groups is 2. The van der Waals surface area contributed by atoms with E-state index in [4.69, 9.17) is 4.74 Å². The van der Waals surface area contributed by atoms with E-state index in [0.717, 1.165) is 10.6 Å². The summed E-state index contributed by atoms with van der Waals surface area (Å²) in [6.45, 7) is 10.3. The molecule has 0 spiro atoms. The van der Waals surface area contributed by atoms with E-state index in [1.807, 2.05) is 34.6 Å². The fourth-order valence-corrected chi connectivity index (χ4v) is 3.01. The Labute approximate surface area is 134 Å². The highest BCUT2D eigenvalue weighted by molar-refractivity contribution is 7.15. The van der Waals surface area contributed by atoms with Gasteiger partial charge in [0.15, 0.2) is 5.13 Å². The van der Waals surface area contributed by atoms with Crippen LogP contribution in [0.1, 0.15) is 45.2 Å². The molecule has 6 nitrogen and oxygen atoms in total. The van der Waals surface area contributed by atoms with Gasteiger partial charge in [0.1, 0.15) is 5.60 Å². The summed E-state index contributed by atoms with van der Waals surface area (Å²) < 4.78 is 5.40. The third-order valence-electron chi connectivity index (χ3n) is 3.14. The Kier molecular flexibility index (Phi) is 4.75. The summed E-state index contributed by atoms with van der Waals surface area (Å²) in [6.07, 6.45) is 0.377. The zero-order chi connectivity index (χ0) is 16.5. The van der Waals surface area contributed by atoms with Crippen molar-refractivity contribution in [3.63, 3.8) is 0 Å². The molecule has 0 bridgehead atoms. The van der Waals surface area contributed by atoms with Crippen molar-refractivity contribution in [3.05, 3.63) is 10.6 Å². The number of hydrogen-bond acceptors (Lipinski definition) is 5. The lowest BCUT2D eigenvalue weighted by Gasteiger charge is -2.29. The molecule has 0 unspecified atom stereocenters. The predicted octanol–water partition coefficient (Wildman–Crippen LogP) is 3.03. The lowest BCUT2D eigenvalue weighted by Crippen LogP contribution is -2.39. The van der Waals surface area contributed by atoms with Gasteiger partial charge in [0, 0.05) is 23.8 Å². The number of nitrogens with one attached hydrogen (secondary N) is 1. The second-order valence-electron chi connectivity index (χ2n) is 6.68. The van der Waals surface area contributed by atoms with Crippen LogP contribution >= 0.6 is 11.3 Å². The van der Waals surface area contributed by atoms with Crippen LogP contribution in [0, 0.1) is 5.92 Å². The third-order valence-corrected chi connectivity index (χ3v) is 4.14. The number of hydrogen-bond donors (Lipinski definition) is 1. The summed E-state index contributed by atoms with van der Waals surface area (Å²) >= 11 is 1.43. The minimum absolute atomic E-state index is 0.0462. The summed E-state index contributed by atoms with van der Waals surface area (Å²) in [7, 11) is 0. The first-order valence-corrected chi connectivity index (χ1v) is 8.24. The van der Waals surface area contributed by atoms with Crippen molar-refractivity contribution in [2.75, 3.05) is 11.9 Å². The zero-order valence-corrected chi connectivity index (χ0v) is 14.5. The van der Waals surface area contributed by atoms with Gasteiger partial charge in [-0.1, -0.05) is 25.2 Å². The highest BCUT2D eigenvalue weighted by Crippen LogP contribution is 2.29. The molecular weight excluding hydrogens is 302 g/mol. The van der Waals surface area contributed by atoms with Crippen LogP contribution in [-0.2, 0) is 22.5 Å². The van der Waals surface area contributed by atoms with E-state index in [1.54, 1.807) is 4.90 Å². The number of carbonyl (C=O) groups excluding carboxylic acids is 2. The molecule has 1 aliphatic heterocycles. The Bertz CT molecular complexity index is 575. The lowest BCUT2D eigenvalue weighted by molar-refractivity contribution is -0.118. The Morgan fingerprint density at radius 1 is 1.36 bits per heavy atom. The second-order valence-corrected chi connectivity index (χ2v) is 7.77. The molecule has 0 fully saturated rings. The molecule has 0 saturated heterocycles. The quantitative estimate of drug-likeness (QED) is 0.907. The van der Waals surface area contributed by atoms with Crippen LogP contribution in [0.2, 0.25) is 0 Å². The molecule has 1 N–H and O–H groups in total. The smallest absolute Gasteiger partial charge is 0.410 e. The number of amides is 2. The summed E-state index contributed by atoms with van der Waals surface area (Å²) in [5.41, 5.74) is 0.463. The van der Waals surface area contributed by atoms with Gasteiger partial charge in [0.05, 0.1) is 12.2 Å². The molecule has 2 amide bonds. The molecule has 22 heavy (non-hydrogen) atoms. The molecule has 0 aromatic carbocycles. The van der Waals surface area contributed by atoms with Crippen molar-refractivity contribution in [2.45, 2.75) is 53.2 Å². The van der Waals surface area contributed by atoms with E-state index in [-0.39, 0.29) is 17.9 Å². The minimum atomic E-state index is -0.499. The SMILES string of the molecule is CC(C)C(=O)Nc1nc2c(s1)CN(C(=O)OC(C)(C)C)CC2. The highest BCUT2D eigenvalue weighted by atomic mass is 32.1. The summed E-state index contributed by atoms with van der Waals surface area (Å²) in [4.78, 5) is 31.0. The van der Waals surface area contributed by atoms with E-state index in [0.29, 0.717) is 24.6 Å². The summed E-state index contributed by atoms with van der Waals surface area (Å²) in [5.74, 6) is -0.130. The maximum Gasteiger partial charge on any atom is 0.410 e. The van der Waals surface area contributed by atoms with E-state index in [9.17, 15) is 9.59 Å². The molecule has 0 aliphatic carbocycles. The van der Waals surface area contributed by atoms with Crippen molar-refractivity contribution in [1.82, 2.24) is 9.88 Å². The van der Waals surface area contributed by atoms with Gasteiger partial charge in [-0.25, -0.2) is 9.78 Å². The molecule has 122 valence electrons. The minimum Gasteiger partial charge on any atom is -0.444 e. The van der Waals surface area contributed by atoms with Gasteiger partial charge in [0.25, 0.3) is 0 Å². The third kappa shape index (κ3) is 4.19. The van der Waals surface area contributed by atoms with Crippen molar-refractivity contribution >= 4 is 28.5 Å². The van der Waals surface area contributed by atoms with E-state index >= 15 is 0 Å². The second kappa shape index (κ2) is 6.24. The maximum absolute atomic E-state index is 12.1. The normalized spacial score (nSPS) is 14.7. The molecule has 0 radical (unpaired) electrons. The molecule has 2 heterocycles. The lowest BCUT2D eigenvalue weighted by atomic mass is 10.2. The number of aromatic nitrogens is 1. The zero-order valence-electron chi connectivity index (χ0n) is 13.7. The van der Waals surface area contributed by atoms with Crippen molar-refractivity contribution in [1.29, 1.82) is 0 Å². The van der Waals surface area contributed by atoms with Crippen LogP contribution in [0.25, 0.3) is 0 Å². The van der Waals surface area contributed by atoms with Gasteiger partial charge in [-0.15, -0.1) is 0 Å². The maximum atomic E-state index is 12.1. The van der Waals surface area contributed by atoms with Crippen LogP contribution in [0.5, 0.6) is 0 Å². The first kappa shape index (κ1) is 16.7. The Balaban J connectivity index is 2.03. The van der Waals surface area contributed by atoms with Gasteiger partial charge < -0.3 is 15.0 Å². The number of nitrogens with zero attached hydrogens (tertiary/aromatic N) is 2. The van der Waals surface area contributed by atoms with Gasteiger partial charge in [0.2, 0.25) is 5.91 Å². The van der Waals surface area contributed by atoms with Gasteiger partial charge in [-0.2, -0.15) is 0 Å². The van der Waals surface area contributed by atoms with Gasteiger partial charge >= 0.3 is 6.09 Å². The van der Waals surface area contributed by atoms with Crippen LogP contribution < -0.4 is 5.32 Å². The Hall–Kier alpha value is -1.63. The predicted molar refractivity (Wildman–Crippen MR) is 85.9 cm³/mol. The number of fused-ring (bicyclic) bond motifs is 1. The van der Waals surface area contributed by atoms with Gasteiger partial charge in [-0.3, -0.25) is 4.79 Å². The Morgan fingerprint density at radius 3 is 2.64 bits per heavy atom. The molecule has 0 atom stereocenters. The van der Waals surface area contributed by atoms with Crippen LogP contribution in [0.4, 0.5) is 9.93 Å². The standard InChI is InChI=1S/C15H23N3O3S/c1-9(2)12(19)17-13-16-10-6-7-18(8-11(10)22-13)14(20)21-15(3,4)5/h9H,6-8H2,1-5H3,(H,16,17,19). The average molecular weight is 325 g/mol. The van der Waals surface area contributed by atoms with Crippen LogP contribution in [0.3, 0.4) is 0 Å². The topological polar surface area (TPSA) is 71.5 Å². The molecule has 7 heteroatoms. The average Bonchev–Trinajstić information content (AvgIpc) is 2.77. The van der Waals surface area contributed by atoms with E-state index < -0.39 is 5.60 Å². The molecular formula is C15H23N3O3S. The first-order valence-electron chi connectivity index (χ1n) is 7.43. The molecule has 0 saturated carbocycles. The first-order chi connectivity index (χ1) is 10.2. The summed E-state index contributed by atoms with van der Waals surface area (Å²) in [5, 5.41) is 3.42. The van der Waals surface area contributed by atoms with Crippen LogP contribution in [-0.4, -0.2) is 34.0 Å². The monoisotopic (exact) mass is 325 g/mol. The Morgan fingerprint density at radius 2 is 2.05 bits per heavy atom. The summed E-state index contributed by atoms with van der Waals surface area (Å²) in [6, 6.07) is 0. The van der Waals surface area contributed by atoms with Crippen molar-refractivity contribution in [2.24, 2.45) is 5.92 Å². The molecule has 1 aromatic rings. The number of rotatable bonds is 2. The van der Waals surface area contributed by atoms with Crippen LogP contribution in [0.15, 0.2) is 0 Å². The van der Waals surface area contributed by atoms with Crippen molar-refractivity contribution < 1.29 is 14.3 Å². The molecule has 1 aromatic heterocycles. The number of thiazole rings is 1. The largest absolute Gasteiger partial charge is 0.444 e.